The average Bonchev–Trinajstić information content (AvgIpc) is 2.77. The predicted octanol–water partition coefficient (Wildman–Crippen LogP) is 2.52. The second-order valence-corrected chi connectivity index (χ2v) is 9.12. The van der Waals surface area contributed by atoms with E-state index < -0.39 is 28.4 Å². The smallest absolute Gasteiger partial charge is 0.338 e. The fourth-order valence-corrected chi connectivity index (χ4v) is 5.28. The lowest BCUT2D eigenvalue weighted by Crippen LogP contribution is -2.40. The lowest BCUT2D eigenvalue weighted by atomic mass is 10.1. The molecule has 1 aliphatic heterocycles. The molecule has 0 N–H and O–H groups in total. The van der Waals surface area contributed by atoms with Crippen LogP contribution in [0.5, 0.6) is 5.75 Å². The summed E-state index contributed by atoms with van der Waals surface area (Å²) in [6.07, 6.45) is 0. The Bertz CT molecular complexity index is 1050. The molecule has 0 aromatic heterocycles. The first-order valence-electron chi connectivity index (χ1n) is 9.05. The van der Waals surface area contributed by atoms with Gasteiger partial charge >= 0.3 is 5.97 Å². The van der Waals surface area contributed by atoms with E-state index in [1.54, 1.807) is 24.3 Å². The summed E-state index contributed by atoms with van der Waals surface area (Å²) in [5.41, 5.74) is 0.317. The summed E-state index contributed by atoms with van der Waals surface area (Å²) in [7, 11) is -2.38. The molecular formula is C20H20BrNO7S. The number of hydrogen-bond acceptors (Lipinski definition) is 7. The van der Waals surface area contributed by atoms with E-state index in [4.69, 9.17) is 14.2 Å². The predicted molar refractivity (Wildman–Crippen MR) is 111 cm³/mol. The Hall–Kier alpha value is -2.27. The van der Waals surface area contributed by atoms with Crippen molar-refractivity contribution >= 4 is 37.7 Å². The number of sulfonamides is 1. The first-order chi connectivity index (χ1) is 14.3. The van der Waals surface area contributed by atoms with Crippen LogP contribution in [0.4, 0.5) is 0 Å². The van der Waals surface area contributed by atoms with Crippen molar-refractivity contribution in [2.24, 2.45) is 0 Å². The highest BCUT2D eigenvalue weighted by Gasteiger charge is 2.29. The van der Waals surface area contributed by atoms with Crippen molar-refractivity contribution in [2.45, 2.75) is 4.90 Å². The summed E-state index contributed by atoms with van der Waals surface area (Å²) in [6.45, 7) is 0.585. The van der Waals surface area contributed by atoms with Crippen molar-refractivity contribution in [3.63, 3.8) is 0 Å². The van der Waals surface area contributed by atoms with Gasteiger partial charge in [0.05, 0.1) is 36.3 Å². The number of carbonyl (C=O) groups is 2. The molecule has 0 atom stereocenters. The number of hydrogen-bond donors (Lipinski definition) is 0. The molecule has 0 amide bonds. The number of Topliss-reactive ketones (excluding diaryl/α,β-unsaturated/α-hetero) is 1. The Morgan fingerprint density at radius 1 is 1.13 bits per heavy atom. The van der Waals surface area contributed by atoms with Crippen LogP contribution in [0.25, 0.3) is 0 Å². The molecule has 3 rings (SSSR count). The average molecular weight is 498 g/mol. The number of halogens is 1. The van der Waals surface area contributed by atoms with Crippen LogP contribution in [0.15, 0.2) is 51.8 Å². The van der Waals surface area contributed by atoms with Gasteiger partial charge in [0.25, 0.3) is 0 Å². The molecule has 1 aliphatic rings. The fraction of sp³-hybridized carbons (Fsp3) is 0.300. The van der Waals surface area contributed by atoms with Crippen LogP contribution in [-0.4, -0.2) is 64.5 Å². The van der Waals surface area contributed by atoms with Crippen LogP contribution in [-0.2, 0) is 19.5 Å². The summed E-state index contributed by atoms with van der Waals surface area (Å²) in [4.78, 5) is 24.8. The highest BCUT2D eigenvalue weighted by molar-refractivity contribution is 9.10. The van der Waals surface area contributed by atoms with Crippen LogP contribution in [0, 0.1) is 0 Å². The largest absolute Gasteiger partial charge is 0.496 e. The number of esters is 1. The highest BCUT2D eigenvalue weighted by Crippen LogP contribution is 2.27. The molecule has 2 aromatic carbocycles. The number of ether oxygens (including phenoxy) is 3. The molecular weight excluding hydrogens is 478 g/mol. The van der Waals surface area contributed by atoms with Gasteiger partial charge in [-0.05, 0) is 46.3 Å². The molecule has 0 aliphatic carbocycles. The van der Waals surface area contributed by atoms with Gasteiger partial charge in [-0.2, -0.15) is 4.31 Å². The van der Waals surface area contributed by atoms with Gasteiger partial charge in [0.1, 0.15) is 5.75 Å². The van der Waals surface area contributed by atoms with E-state index in [-0.39, 0.29) is 23.5 Å². The topological polar surface area (TPSA) is 99.2 Å². The molecule has 30 heavy (non-hydrogen) atoms. The van der Waals surface area contributed by atoms with Crippen LogP contribution in [0.2, 0.25) is 0 Å². The third-order valence-corrected chi connectivity index (χ3v) is 7.39. The minimum absolute atomic E-state index is 0.0258. The fourth-order valence-electron chi connectivity index (χ4n) is 2.92. The van der Waals surface area contributed by atoms with Crippen LogP contribution in [0.1, 0.15) is 20.7 Å². The van der Waals surface area contributed by atoms with E-state index >= 15 is 0 Å². The summed E-state index contributed by atoms with van der Waals surface area (Å²) in [5.74, 6) is -0.857. The van der Waals surface area contributed by atoms with E-state index in [1.807, 2.05) is 0 Å². The van der Waals surface area contributed by atoms with E-state index in [1.165, 1.54) is 29.6 Å². The van der Waals surface area contributed by atoms with Crippen LogP contribution < -0.4 is 4.74 Å². The molecule has 2 aromatic rings. The molecule has 8 nitrogen and oxygen atoms in total. The van der Waals surface area contributed by atoms with Crippen molar-refractivity contribution < 1.29 is 32.2 Å². The Kier molecular flexibility index (Phi) is 7.24. The van der Waals surface area contributed by atoms with Crippen LogP contribution >= 0.6 is 15.9 Å². The summed E-state index contributed by atoms with van der Waals surface area (Å²) in [6, 6.07) is 10.7. The standard InChI is InChI=1S/C20H20BrNO7S/c1-27-18-5-3-2-4-15(18)17(23)13-29-20(24)14-6-7-16(21)19(12-14)30(25,26)22-8-10-28-11-9-22/h2-7,12H,8-11,13H2,1H3. The van der Waals surface area contributed by atoms with Crippen molar-refractivity contribution in [3.8, 4) is 5.75 Å². The normalized spacial score (nSPS) is 14.9. The van der Waals surface area contributed by atoms with E-state index in [0.717, 1.165) is 0 Å². The SMILES string of the molecule is COc1ccccc1C(=O)COC(=O)c1ccc(Br)c(S(=O)(=O)N2CCOCC2)c1. The number of rotatable bonds is 7. The number of carbonyl (C=O) groups excluding carboxylic acids is 2. The van der Waals surface area contributed by atoms with Gasteiger partial charge in [-0.1, -0.05) is 12.1 Å². The number of ketones is 1. The second-order valence-electron chi connectivity index (χ2n) is 6.36. The molecule has 0 bridgehead atoms. The maximum atomic E-state index is 12.9. The zero-order valence-electron chi connectivity index (χ0n) is 16.2. The minimum Gasteiger partial charge on any atom is -0.496 e. The van der Waals surface area contributed by atoms with Crippen LogP contribution in [0.3, 0.4) is 0 Å². The number of para-hydroxylation sites is 1. The van der Waals surface area contributed by atoms with Crippen molar-refractivity contribution in [3.05, 3.63) is 58.1 Å². The van der Waals surface area contributed by atoms with Gasteiger partial charge in [-0.15, -0.1) is 0 Å². The second kappa shape index (κ2) is 9.69. The van der Waals surface area contributed by atoms with Gasteiger partial charge in [0.15, 0.2) is 6.61 Å². The quantitative estimate of drug-likeness (QED) is 0.427. The lowest BCUT2D eigenvalue weighted by Gasteiger charge is -2.26. The number of benzene rings is 2. The number of methoxy groups -OCH3 is 1. The maximum absolute atomic E-state index is 12.9. The van der Waals surface area contributed by atoms with Crippen molar-refractivity contribution in [1.82, 2.24) is 4.31 Å². The first-order valence-corrected chi connectivity index (χ1v) is 11.3. The first kappa shape index (κ1) is 22.4. The number of nitrogens with zero attached hydrogens (tertiary/aromatic N) is 1. The third kappa shape index (κ3) is 4.89. The Morgan fingerprint density at radius 2 is 1.83 bits per heavy atom. The van der Waals surface area contributed by atoms with Gasteiger partial charge in [0.2, 0.25) is 15.8 Å². The molecule has 1 fully saturated rings. The van der Waals surface area contributed by atoms with Gasteiger partial charge in [0, 0.05) is 17.6 Å². The van der Waals surface area contributed by atoms with Gasteiger partial charge < -0.3 is 14.2 Å². The molecule has 0 saturated carbocycles. The molecule has 0 unspecified atom stereocenters. The molecule has 0 spiro atoms. The minimum atomic E-state index is -3.82. The molecule has 0 radical (unpaired) electrons. The number of morpholine rings is 1. The van der Waals surface area contributed by atoms with E-state index in [0.29, 0.717) is 29.0 Å². The summed E-state index contributed by atoms with van der Waals surface area (Å²) >= 11 is 3.23. The molecule has 1 heterocycles. The van der Waals surface area contributed by atoms with Crippen molar-refractivity contribution in [2.75, 3.05) is 40.0 Å². The zero-order valence-corrected chi connectivity index (χ0v) is 18.6. The monoisotopic (exact) mass is 497 g/mol. The maximum Gasteiger partial charge on any atom is 0.338 e. The van der Waals surface area contributed by atoms with Gasteiger partial charge in [-0.3, -0.25) is 4.79 Å². The summed E-state index contributed by atoms with van der Waals surface area (Å²) < 4.78 is 42.9. The molecule has 160 valence electrons. The Labute approximate surface area is 182 Å². The molecule has 10 heteroatoms. The highest BCUT2D eigenvalue weighted by atomic mass is 79.9. The zero-order chi connectivity index (χ0) is 21.7. The van der Waals surface area contributed by atoms with E-state index in [9.17, 15) is 18.0 Å². The van der Waals surface area contributed by atoms with Gasteiger partial charge in [-0.25, -0.2) is 13.2 Å². The van der Waals surface area contributed by atoms with E-state index in [2.05, 4.69) is 15.9 Å². The Balaban J connectivity index is 1.75. The third-order valence-electron chi connectivity index (χ3n) is 4.50. The lowest BCUT2D eigenvalue weighted by molar-refractivity contribution is 0.0473. The van der Waals surface area contributed by atoms with Crippen molar-refractivity contribution in [1.29, 1.82) is 0 Å². The Morgan fingerprint density at radius 3 is 2.53 bits per heavy atom. The molecule has 1 saturated heterocycles. The summed E-state index contributed by atoms with van der Waals surface area (Å²) in [5, 5.41) is 0.